The second-order valence-corrected chi connectivity index (χ2v) is 6.49. The lowest BCUT2D eigenvalue weighted by atomic mass is 9.95. The van der Waals surface area contributed by atoms with Crippen molar-refractivity contribution in [3.63, 3.8) is 0 Å². The minimum Gasteiger partial charge on any atom is -0.389 e. The van der Waals surface area contributed by atoms with Crippen LogP contribution in [0.15, 0.2) is 24.3 Å². The van der Waals surface area contributed by atoms with E-state index in [9.17, 15) is 14.7 Å². The quantitative estimate of drug-likeness (QED) is 0.878. The molecule has 5 heteroatoms. The minimum atomic E-state index is -0.408. The highest BCUT2D eigenvalue weighted by atomic mass is 16.3. The maximum absolute atomic E-state index is 12.0. The van der Waals surface area contributed by atoms with E-state index in [1.807, 2.05) is 32.9 Å². The van der Waals surface area contributed by atoms with Gasteiger partial charge in [0.15, 0.2) is 0 Å². The van der Waals surface area contributed by atoms with Gasteiger partial charge >= 0.3 is 0 Å². The first-order valence-corrected chi connectivity index (χ1v) is 7.12. The van der Waals surface area contributed by atoms with Crippen LogP contribution in [0.3, 0.4) is 0 Å². The molecule has 1 heterocycles. The molecule has 0 unspecified atom stereocenters. The van der Waals surface area contributed by atoms with Gasteiger partial charge in [-0.3, -0.25) is 9.59 Å². The Morgan fingerprint density at radius 1 is 1.24 bits per heavy atom. The fraction of sp³-hybridized carbons (Fsp3) is 0.500. The van der Waals surface area contributed by atoms with E-state index >= 15 is 0 Å². The Labute approximate surface area is 125 Å². The van der Waals surface area contributed by atoms with E-state index in [0.29, 0.717) is 25.2 Å². The number of carbonyl (C=O) groups excluding carboxylic acids is 2. The summed E-state index contributed by atoms with van der Waals surface area (Å²) in [5.74, 6) is -0.0669. The van der Waals surface area contributed by atoms with Gasteiger partial charge < -0.3 is 15.3 Å². The highest BCUT2D eigenvalue weighted by Gasteiger charge is 2.29. The Morgan fingerprint density at radius 3 is 2.29 bits per heavy atom. The summed E-state index contributed by atoms with van der Waals surface area (Å²) in [4.78, 5) is 25.4. The fourth-order valence-electron chi connectivity index (χ4n) is 2.02. The van der Waals surface area contributed by atoms with Crippen molar-refractivity contribution in [3.8, 4) is 0 Å². The van der Waals surface area contributed by atoms with Crippen molar-refractivity contribution in [2.45, 2.75) is 33.4 Å². The molecule has 5 nitrogen and oxygen atoms in total. The van der Waals surface area contributed by atoms with Gasteiger partial charge in [0.1, 0.15) is 0 Å². The molecule has 1 aromatic rings. The molecule has 0 aliphatic carbocycles. The van der Waals surface area contributed by atoms with E-state index in [0.717, 1.165) is 5.56 Å². The number of hydrogen-bond donors (Lipinski definition) is 2. The van der Waals surface area contributed by atoms with Crippen molar-refractivity contribution in [2.75, 3.05) is 13.1 Å². The number of rotatable bonds is 3. The first-order chi connectivity index (χ1) is 9.77. The van der Waals surface area contributed by atoms with Gasteiger partial charge in [-0.1, -0.05) is 32.9 Å². The normalized spacial score (nSPS) is 15.5. The molecule has 21 heavy (non-hydrogen) atoms. The van der Waals surface area contributed by atoms with E-state index < -0.39 is 5.41 Å². The number of nitrogens with one attached hydrogen (secondary N) is 1. The van der Waals surface area contributed by atoms with Gasteiger partial charge in [0, 0.05) is 30.6 Å². The molecule has 2 rings (SSSR count). The van der Waals surface area contributed by atoms with E-state index in [1.54, 1.807) is 17.0 Å². The number of β-amino-alcohol motifs (C(OH)–C–C–N with tert-alkyl or cyclic N) is 1. The Balaban J connectivity index is 1.90. The third kappa shape index (κ3) is 3.82. The number of carbonyl (C=O) groups is 2. The maximum Gasteiger partial charge on any atom is 0.254 e. The predicted molar refractivity (Wildman–Crippen MR) is 79.7 cm³/mol. The van der Waals surface area contributed by atoms with Crippen LogP contribution in [0.25, 0.3) is 0 Å². The van der Waals surface area contributed by atoms with Crippen LogP contribution in [0.5, 0.6) is 0 Å². The molecule has 0 bridgehead atoms. The Morgan fingerprint density at radius 2 is 1.81 bits per heavy atom. The molecule has 1 saturated heterocycles. The van der Waals surface area contributed by atoms with Gasteiger partial charge in [0.25, 0.3) is 5.91 Å². The summed E-state index contributed by atoms with van der Waals surface area (Å²) >= 11 is 0. The molecular weight excluding hydrogens is 268 g/mol. The van der Waals surface area contributed by atoms with E-state index in [-0.39, 0.29) is 17.9 Å². The first-order valence-electron chi connectivity index (χ1n) is 7.12. The Bertz CT molecular complexity index is 525. The summed E-state index contributed by atoms with van der Waals surface area (Å²) in [5, 5.41) is 12.1. The molecule has 2 N–H and O–H groups in total. The molecule has 0 spiro atoms. The fourth-order valence-corrected chi connectivity index (χ4v) is 2.02. The second-order valence-electron chi connectivity index (χ2n) is 6.49. The SMILES string of the molecule is CC(C)(C)C(=O)NCc1ccc(C(=O)N2CC(O)C2)cc1. The molecule has 1 fully saturated rings. The average molecular weight is 290 g/mol. The summed E-state index contributed by atoms with van der Waals surface area (Å²) in [6.07, 6.45) is -0.388. The summed E-state index contributed by atoms with van der Waals surface area (Å²) in [6, 6.07) is 7.19. The van der Waals surface area contributed by atoms with E-state index in [2.05, 4.69) is 5.32 Å². The summed E-state index contributed by atoms with van der Waals surface area (Å²) in [6.45, 7) is 6.86. The number of nitrogens with zero attached hydrogens (tertiary/aromatic N) is 1. The topological polar surface area (TPSA) is 69.6 Å². The molecule has 1 aliphatic rings. The number of hydrogen-bond acceptors (Lipinski definition) is 3. The lowest BCUT2D eigenvalue weighted by Gasteiger charge is -2.35. The van der Waals surface area contributed by atoms with Crippen molar-refractivity contribution >= 4 is 11.8 Å². The molecule has 1 aromatic carbocycles. The molecule has 0 atom stereocenters. The van der Waals surface area contributed by atoms with Gasteiger partial charge in [0.2, 0.25) is 5.91 Å². The van der Waals surface area contributed by atoms with Gasteiger partial charge in [-0.25, -0.2) is 0 Å². The molecule has 0 radical (unpaired) electrons. The molecular formula is C16H22N2O3. The lowest BCUT2D eigenvalue weighted by Crippen LogP contribution is -2.53. The number of amides is 2. The molecule has 114 valence electrons. The van der Waals surface area contributed by atoms with Crippen LogP contribution in [0, 0.1) is 5.41 Å². The van der Waals surface area contributed by atoms with Crippen molar-refractivity contribution in [1.82, 2.24) is 10.2 Å². The standard InChI is InChI=1S/C16H22N2O3/c1-16(2,3)15(21)17-8-11-4-6-12(7-5-11)14(20)18-9-13(19)10-18/h4-7,13,19H,8-10H2,1-3H3,(H,17,21). The zero-order valence-electron chi connectivity index (χ0n) is 12.7. The average Bonchev–Trinajstić information content (AvgIpc) is 2.40. The summed E-state index contributed by atoms with van der Waals surface area (Å²) in [7, 11) is 0. The molecule has 0 saturated carbocycles. The van der Waals surface area contributed by atoms with Crippen molar-refractivity contribution < 1.29 is 14.7 Å². The van der Waals surface area contributed by atoms with E-state index in [4.69, 9.17) is 0 Å². The van der Waals surface area contributed by atoms with Gasteiger partial charge in [-0.05, 0) is 17.7 Å². The zero-order chi connectivity index (χ0) is 15.6. The summed E-state index contributed by atoms with van der Waals surface area (Å²) < 4.78 is 0. The van der Waals surface area contributed by atoms with Crippen molar-refractivity contribution in [1.29, 1.82) is 0 Å². The molecule has 0 aromatic heterocycles. The predicted octanol–water partition coefficient (Wildman–Crippen LogP) is 1.17. The van der Waals surface area contributed by atoms with Crippen LogP contribution in [0.4, 0.5) is 0 Å². The third-order valence-corrected chi connectivity index (χ3v) is 3.48. The van der Waals surface area contributed by atoms with Crippen LogP contribution >= 0.6 is 0 Å². The van der Waals surface area contributed by atoms with Crippen molar-refractivity contribution in [2.24, 2.45) is 5.41 Å². The van der Waals surface area contributed by atoms with Crippen LogP contribution in [-0.4, -0.2) is 41.0 Å². The van der Waals surface area contributed by atoms with Crippen molar-refractivity contribution in [3.05, 3.63) is 35.4 Å². The number of benzene rings is 1. The smallest absolute Gasteiger partial charge is 0.254 e. The highest BCUT2D eigenvalue weighted by molar-refractivity contribution is 5.94. The molecule has 1 aliphatic heterocycles. The minimum absolute atomic E-state index is 0.00257. The monoisotopic (exact) mass is 290 g/mol. The van der Waals surface area contributed by atoms with Gasteiger partial charge in [0.05, 0.1) is 6.10 Å². The van der Waals surface area contributed by atoms with Crippen LogP contribution in [0.2, 0.25) is 0 Å². The lowest BCUT2D eigenvalue weighted by molar-refractivity contribution is -0.128. The molecule has 2 amide bonds. The first kappa shape index (κ1) is 15.5. The summed E-state index contributed by atoms with van der Waals surface area (Å²) in [5.41, 5.74) is 1.15. The van der Waals surface area contributed by atoms with Crippen LogP contribution in [-0.2, 0) is 11.3 Å². The van der Waals surface area contributed by atoms with E-state index in [1.165, 1.54) is 0 Å². The highest BCUT2D eigenvalue weighted by Crippen LogP contribution is 2.15. The van der Waals surface area contributed by atoms with Gasteiger partial charge in [-0.2, -0.15) is 0 Å². The zero-order valence-corrected chi connectivity index (χ0v) is 12.7. The van der Waals surface area contributed by atoms with Crippen LogP contribution in [0.1, 0.15) is 36.7 Å². The number of aliphatic hydroxyl groups is 1. The Hall–Kier alpha value is -1.88. The number of likely N-dealkylation sites (tertiary alicyclic amines) is 1. The number of aliphatic hydroxyl groups excluding tert-OH is 1. The largest absolute Gasteiger partial charge is 0.389 e. The second kappa shape index (κ2) is 5.85. The maximum atomic E-state index is 12.0. The van der Waals surface area contributed by atoms with Crippen LogP contribution < -0.4 is 5.32 Å². The van der Waals surface area contributed by atoms with Gasteiger partial charge in [-0.15, -0.1) is 0 Å². The Kier molecular flexibility index (Phi) is 4.32. The third-order valence-electron chi connectivity index (χ3n) is 3.48.